The van der Waals surface area contributed by atoms with E-state index < -0.39 is 95.2 Å². The first-order valence-electron chi connectivity index (χ1n) is 27.5. The maximum atomic E-state index is 15.5. The number of halogens is 1. The van der Waals surface area contributed by atoms with Crippen LogP contribution >= 0.6 is 0 Å². The van der Waals surface area contributed by atoms with E-state index in [1.165, 1.54) is 10.6 Å². The number of rotatable bonds is 21. The first kappa shape index (κ1) is 56.3. The lowest BCUT2D eigenvalue weighted by atomic mass is 9.81. The SMILES string of the molecule is CC[C@@]1(O)C(=O)OCc2c1cc1n(c2=O)Cc2c-1nc1cc(F)c(C)c3c1c2[C@@H](Nc1c(NCCOCNC(=O)CNC(=O)[C@H](Cc2ccccc2)NC(=O)CNC(=O)CNC(=O)OCC2c4ccccc4-c4ccccc42)c(=O)c1=O)CC3. The lowest BCUT2D eigenvalue weighted by Gasteiger charge is -2.31. The molecule has 22 nitrogen and oxygen atoms in total. The lowest BCUT2D eigenvalue weighted by Crippen LogP contribution is -2.52. The Balaban J connectivity index is 0.649. The summed E-state index contributed by atoms with van der Waals surface area (Å²) >= 11 is 0. The van der Waals surface area contributed by atoms with Gasteiger partial charge < -0.3 is 61.1 Å². The molecule has 8 N–H and O–H groups in total. The molecular weight excluding hydrogens is 1090 g/mol. The van der Waals surface area contributed by atoms with E-state index in [2.05, 4.69) is 37.2 Å². The number of pyridine rings is 2. The average Bonchev–Trinajstić information content (AvgIpc) is 2.00. The Morgan fingerprint density at radius 3 is 2.24 bits per heavy atom. The molecule has 5 aromatic carbocycles. The van der Waals surface area contributed by atoms with Crippen LogP contribution in [0.3, 0.4) is 0 Å². The average molecular weight is 1140 g/mol. The maximum Gasteiger partial charge on any atom is 0.407 e. The number of esters is 1. The van der Waals surface area contributed by atoms with E-state index in [-0.39, 0.29) is 80.9 Å². The topological polar surface area (TPSA) is 304 Å². The highest BCUT2D eigenvalue weighted by Crippen LogP contribution is 2.48. The maximum absolute atomic E-state index is 15.5. The molecule has 7 aromatic rings. The summed E-state index contributed by atoms with van der Waals surface area (Å²) in [5, 5.41) is 30.7. The van der Waals surface area contributed by atoms with Crippen molar-refractivity contribution >= 4 is 58.0 Å². The Bertz CT molecular complexity index is 3950. The first-order valence-corrected chi connectivity index (χ1v) is 27.5. The van der Waals surface area contributed by atoms with Crippen molar-refractivity contribution < 1.29 is 52.5 Å². The number of fused-ring (bicyclic) bond motifs is 8. The summed E-state index contributed by atoms with van der Waals surface area (Å²) in [6.07, 6.45) is -0.0435. The van der Waals surface area contributed by atoms with E-state index in [9.17, 15) is 48.3 Å². The minimum atomic E-state index is -2.06. The van der Waals surface area contributed by atoms with Crippen LogP contribution < -0.4 is 53.6 Å². The van der Waals surface area contributed by atoms with Gasteiger partial charge in [-0.1, -0.05) is 85.8 Å². The highest BCUT2D eigenvalue weighted by Gasteiger charge is 2.46. The number of ether oxygens (including phenoxy) is 3. The van der Waals surface area contributed by atoms with E-state index in [0.29, 0.717) is 57.4 Å². The van der Waals surface area contributed by atoms with E-state index >= 15 is 4.39 Å². The number of alkyl carbamates (subject to hydrolysis) is 1. The largest absolute Gasteiger partial charge is 0.458 e. The Morgan fingerprint density at radius 2 is 1.50 bits per heavy atom. The van der Waals surface area contributed by atoms with Gasteiger partial charge in [0.2, 0.25) is 23.6 Å². The number of aromatic nitrogens is 2. The van der Waals surface area contributed by atoms with Crippen molar-refractivity contribution in [2.24, 2.45) is 0 Å². The number of benzene rings is 4. The van der Waals surface area contributed by atoms with Crippen molar-refractivity contribution in [2.45, 2.75) is 76.3 Å². The molecule has 0 saturated carbocycles. The van der Waals surface area contributed by atoms with E-state index in [4.69, 9.17) is 19.2 Å². The summed E-state index contributed by atoms with van der Waals surface area (Å²) in [5.74, 6) is -4.23. The summed E-state index contributed by atoms with van der Waals surface area (Å²) in [6.45, 7) is 1.24. The molecule has 0 bridgehead atoms. The van der Waals surface area contributed by atoms with Crippen molar-refractivity contribution in [1.82, 2.24) is 36.1 Å². The van der Waals surface area contributed by atoms with Crippen LogP contribution in [0.25, 0.3) is 33.4 Å². The van der Waals surface area contributed by atoms with Gasteiger partial charge in [0.15, 0.2) is 5.60 Å². The number of hydrogen-bond acceptors (Lipinski definition) is 16. The lowest BCUT2D eigenvalue weighted by molar-refractivity contribution is -0.172. The molecule has 2 aliphatic heterocycles. The molecule has 84 heavy (non-hydrogen) atoms. The molecule has 5 amide bonds. The van der Waals surface area contributed by atoms with Crippen molar-refractivity contribution in [3.63, 3.8) is 0 Å². The zero-order valence-electron chi connectivity index (χ0n) is 45.7. The van der Waals surface area contributed by atoms with Crippen LogP contribution in [0.15, 0.2) is 105 Å². The fourth-order valence-electron chi connectivity index (χ4n) is 11.7. The predicted octanol–water partition coefficient (Wildman–Crippen LogP) is 3.22. The Hall–Kier alpha value is -9.61. The number of amides is 5. The number of hydrogen-bond donors (Lipinski definition) is 8. The molecule has 0 radical (unpaired) electrons. The Kier molecular flexibility index (Phi) is 15.6. The third-order valence-electron chi connectivity index (χ3n) is 16.1. The Labute approximate surface area is 478 Å². The molecule has 0 saturated heterocycles. The normalized spacial score (nSPS) is 16.5. The third-order valence-corrected chi connectivity index (χ3v) is 16.1. The van der Waals surface area contributed by atoms with Crippen LogP contribution in [0.1, 0.15) is 81.8 Å². The number of anilines is 2. The van der Waals surface area contributed by atoms with Crippen LogP contribution in [-0.4, -0.2) is 103 Å². The zero-order chi connectivity index (χ0) is 59.0. The van der Waals surface area contributed by atoms with Gasteiger partial charge in [0.05, 0.1) is 54.8 Å². The van der Waals surface area contributed by atoms with Crippen LogP contribution in [-0.2, 0) is 69.8 Å². The monoisotopic (exact) mass is 1140 g/mol. The number of carbonyl (C=O) groups excluding carboxylic acids is 6. The van der Waals surface area contributed by atoms with Gasteiger partial charge in [-0.05, 0) is 76.8 Å². The van der Waals surface area contributed by atoms with Gasteiger partial charge in [0.1, 0.15) is 49.7 Å². The number of cyclic esters (lactones) is 1. The van der Waals surface area contributed by atoms with Crippen molar-refractivity contribution in [3.05, 3.63) is 178 Å². The minimum absolute atomic E-state index is 0.0108. The third kappa shape index (κ3) is 10.6. The second-order valence-electron chi connectivity index (χ2n) is 21.0. The second kappa shape index (κ2) is 23.3. The van der Waals surface area contributed by atoms with Gasteiger partial charge in [-0.2, -0.15) is 0 Å². The standard InChI is InChI=1S/C61H58FN9O13/c1-3-61(81)41-22-46-52-38(27-71(46)58(78)40(41)29-83-59(61)79)51-43(18-17-33-31(2)42(62)23-44(70-52)50(33)51)69-54-53(55(75)56(54)76)63-19-20-82-30-67-48(73)24-65-57(77)45(21-32-11-5-4-6-12-32)68-49(74)26-64-47(72)25-66-60(80)84-28-39-36-15-9-7-13-34(36)35-14-8-10-16-37(35)39/h4-16,22-23,39,43,45,63,69,81H,3,17-21,24-30H2,1-2H3,(H,64,72)(H,65,77)(H,66,80)(H,67,73)(H,68,74)/t43-,45-,61-/m0/s1. The molecule has 2 aliphatic carbocycles. The van der Waals surface area contributed by atoms with Crippen molar-refractivity contribution in [2.75, 3.05) is 56.8 Å². The molecule has 0 spiro atoms. The molecule has 23 heteroatoms. The number of aliphatic hydroxyl groups is 1. The summed E-state index contributed by atoms with van der Waals surface area (Å²) in [4.78, 5) is 123. The minimum Gasteiger partial charge on any atom is -0.458 e. The number of nitrogens with zero attached hydrogens (tertiary/aromatic N) is 2. The first-order chi connectivity index (χ1) is 40.5. The smallest absolute Gasteiger partial charge is 0.407 e. The summed E-state index contributed by atoms with van der Waals surface area (Å²) in [6, 6.07) is 25.7. The number of aryl methyl sites for hydroxylation is 1. The van der Waals surface area contributed by atoms with Crippen molar-refractivity contribution in [1.29, 1.82) is 0 Å². The van der Waals surface area contributed by atoms with Gasteiger partial charge >= 0.3 is 12.1 Å². The quantitative estimate of drug-likeness (QED) is 0.0222. The van der Waals surface area contributed by atoms with Gasteiger partial charge in [-0.15, -0.1) is 0 Å². The molecule has 11 rings (SSSR count). The summed E-state index contributed by atoms with van der Waals surface area (Å²) < 4.78 is 33.3. The Morgan fingerprint density at radius 1 is 0.821 bits per heavy atom. The zero-order valence-corrected chi connectivity index (χ0v) is 45.7. The van der Waals surface area contributed by atoms with E-state index in [1.54, 1.807) is 50.2 Å². The van der Waals surface area contributed by atoms with E-state index in [0.717, 1.165) is 27.8 Å². The highest BCUT2D eigenvalue weighted by molar-refractivity contribution is 5.95. The number of carbonyl (C=O) groups is 6. The van der Waals surface area contributed by atoms with Gasteiger partial charge in [0.25, 0.3) is 16.4 Å². The fourth-order valence-corrected chi connectivity index (χ4v) is 11.7. The number of nitrogens with one attached hydrogen (secondary N) is 7. The molecule has 0 unspecified atom stereocenters. The predicted molar refractivity (Wildman–Crippen MR) is 304 cm³/mol. The highest BCUT2D eigenvalue weighted by atomic mass is 19.1. The second-order valence-corrected chi connectivity index (χ2v) is 21.0. The molecular formula is C61H58FN9O13. The molecule has 0 fully saturated rings. The summed E-state index contributed by atoms with van der Waals surface area (Å²) in [7, 11) is 0. The van der Waals surface area contributed by atoms with Gasteiger partial charge in [-0.3, -0.25) is 33.6 Å². The molecule has 4 aliphatic rings. The fraction of sp³-hybridized carbons (Fsp3) is 0.311. The molecule has 432 valence electrons. The molecule has 4 heterocycles. The molecule has 2 aromatic heterocycles. The molecule has 3 atom stereocenters. The summed E-state index contributed by atoms with van der Waals surface area (Å²) in [5.41, 5.74) is 4.57. The van der Waals surface area contributed by atoms with Gasteiger partial charge in [-0.25, -0.2) is 19.0 Å². The van der Waals surface area contributed by atoms with Crippen LogP contribution in [0.4, 0.5) is 20.6 Å². The van der Waals surface area contributed by atoms with Gasteiger partial charge in [0, 0.05) is 41.5 Å². The van der Waals surface area contributed by atoms with Crippen molar-refractivity contribution in [3.8, 4) is 22.5 Å². The van der Waals surface area contributed by atoms with Crippen LogP contribution in [0.5, 0.6) is 0 Å². The van der Waals surface area contributed by atoms with Crippen LogP contribution in [0.2, 0.25) is 0 Å². The van der Waals surface area contributed by atoms with E-state index in [1.807, 2.05) is 48.5 Å². The van der Waals surface area contributed by atoms with Crippen LogP contribution in [0, 0.1) is 12.7 Å².